The molecule has 0 fully saturated rings. The summed E-state index contributed by atoms with van der Waals surface area (Å²) in [5, 5.41) is 0.232. The first-order valence-electron chi connectivity index (χ1n) is 7.60. The number of nitrogens with zero attached hydrogens (tertiary/aromatic N) is 3. The fourth-order valence-electron chi connectivity index (χ4n) is 2.44. The van der Waals surface area contributed by atoms with Gasteiger partial charge in [0.05, 0.1) is 28.8 Å². The van der Waals surface area contributed by atoms with E-state index in [1.165, 1.54) is 25.3 Å². The third-order valence-electron chi connectivity index (χ3n) is 3.75. The van der Waals surface area contributed by atoms with Gasteiger partial charge >= 0.3 is 0 Å². The Morgan fingerprint density at radius 1 is 1.40 bits per heavy atom. The van der Waals surface area contributed by atoms with Gasteiger partial charge < -0.3 is 4.74 Å². The summed E-state index contributed by atoms with van der Waals surface area (Å²) in [6, 6.07) is 5.63. The van der Waals surface area contributed by atoms with E-state index in [2.05, 4.69) is 14.7 Å². The van der Waals surface area contributed by atoms with Crippen molar-refractivity contribution in [3.05, 3.63) is 53.6 Å². The maximum Gasteiger partial charge on any atom is 0.241 e. The van der Waals surface area contributed by atoms with Gasteiger partial charge in [-0.05, 0) is 30.7 Å². The van der Waals surface area contributed by atoms with Crippen LogP contribution in [0.4, 0.5) is 0 Å². The number of benzene rings is 1. The number of fused-ring (bicyclic) bond motifs is 1. The molecule has 2 heterocycles. The van der Waals surface area contributed by atoms with E-state index >= 15 is 0 Å². The monoisotopic (exact) mass is 380 g/mol. The first-order chi connectivity index (χ1) is 11.9. The van der Waals surface area contributed by atoms with Crippen LogP contribution in [0.2, 0.25) is 5.02 Å². The molecule has 132 valence electrons. The SMILES string of the molecule is CCC(NS(=O)(=O)c1ccc(OC)c(Cl)c1)c1cn2cccnc2n1. The molecule has 3 rings (SSSR count). The lowest BCUT2D eigenvalue weighted by atomic mass is 10.2. The van der Waals surface area contributed by atoms with Crippen LogP contribution in [0.15, 0.2) is 47.8 Å². The number of ether oxygens (including phenoxy) is 1. The minimum atomic E-state index is -3.76. The fourth-order valence-corrected chi connectivity index (χ4v) is 4.08. The van der Waals surface area contributed by atoms with Gasteiger partial charge in [0.25, 0.3) is 0 Å². The van der Waals surface area contributed by atoms with Crippen LogP contribution >= 0.6 is 11.6 Å². The van der Waals surface area contributed by atoms with Crippen LogP contribution in [-0.4, -0.2) is 29.9 Å². The van der Waals surface area contributed by atoms with E-state index in [9.17, 15) is 8.42 Å². The number of aromatic nitrogens is 3. The van der Waals surface area contributed by atoms with Crippen molar-refractivity contribution in [2.75, 3.05) is 7.11 Å². The van der Waals surface area contributed by atoms with Gasteiger partial charge in [-0.3, -0.25) is 4.40 Å². The van der Waals surface area contributed by atoms with Crippen molar-refractivity contribution in [3.8, 4) is 5.75 Å². The molecule has 1 aromatic carbocycles. The zero-order chi connectivity index (χ0) is 18.0. The van der Waals surface area contributed by atoms with Crippen LogP contribution in [0.1, 0.15) is 25.1 Å². The Bertz CT molecular complexity index is 971. The molecule has 0 aliphatic rings. The summed E-state index contributed by atoms with van der Waals surface area (Å²) in [5.74, 6) is 0.932. The van der Waals surface area contributed by atoms with Gasteiger partial charge in [-0.1, -0.05) is 18.5 Å². The van der Waals surface area contributed by atoms with Crippen molar-refractivity contribution in [2.24, 2.45) is 0 Å². The lowest BCUT2D eigenvalue weighted by Crippen LogP contribution is -2.28. The summed E-state index contributed by atoms with van der Waals surface area (Å²) in [4.78, 5) is 8.60. The van der Waals surface area contributed by atoms with Gasteiger partial charge in [0.2, 0.25) is 15.8 Å². The maximum absolute atomic E-state index is 12.7. The zero-order valence-electron chi connectivity index (χ0n) is 13.7. The van der Waals surface area contributed by atoms with Gasteiger partial charge in [-0.2, -0.15) is 0 Å². The number of rotatable bonds is 6. The largest absolute Gasteiger partial charge is 0.495 e. The second-order valence-corrected chi connectivity index (χ2v) is 7.49. The predicted octanol–water partition coefficient (Wildman–Crippen LogP) is 2.82. The molecule has 2 aromatic heterocycles. The summed E-state index contributed by atoms with van der Waals surface area (Å²) in [6.45, 7) is 1.88. The summed E-state index contributed by atoms with van der Waals surface area (Å²) < 4.78 is 34.8. The van der Waals surface area contributed by atoms with Gasteiger partial charge in [0, 0.05) is 18.6 Å². The predicted molar refractivity (Wildman–Crippen MR) is 94.3 cm³/mol. The topological polar surface area (TPSA) is 85.6 Å². The Balaban J connectivity index is 1.90. The highest BCUT2D eigenvalue weighted by atomic mass is 35.5. The van der Waals surface area contributed by atoms with Crippen LogP contribution in [0, 0.1) is 0 Å². The smallest absolute Gasteiger partial charge is 0.241 e. The number of sulfonamides is 1. The molecule has 7 nitrogen and oxygen atoms in total. The Morgan fingerprint density at radius 3 is 2.84 bits per heavy atom. The van der Waals surface area contributed by atoms with Gasteiger partial charge in [-0.25, -0.2) is 23.1 Å². The van der Waals surface area contributed by atoms with Crippen LogP contribution in [0.3, 0.4) is 0 Å². The molecule has 1 N–H and O–H groups in total. The molecule has 0 amide bonds. The van der Waals surface area contributed by atoms with Gasteiger partial charge in [-0.15, -0.1) is 0 Å². The minimum Gasteiger partial charge on any atom is -0.495 e. The van der Waals surface area contributed by atoms with Gasteiger partial charge in [0.1, 0.15) is 5.75 Å². The summed E-state index contributed by atoms with van der Waals surface area (Å²) in [7, 11) is -2.29. The highest BCUT2D eigenvalue weighted by Crippen LogP contribution is 2.28. The third-order valence-corrected chi connectivity index (χ3v) is 5.52. The standard InChI is InChI=1S/C16H17ClN4O3S/c1-3-13(14-10-21-8-4-7-18-16(21)19-14)20-25(22,23)11-5-6-15(24-2)12(17)9-11/h4-10,13,20H,3H2,1-2H3. The van der Waals surface area contributed by atoms with Crippen molar-refractivity contribution in [3.63, 3.8) is 0 Å². The van der Waals surface area contributed by atoms with Crippen LogP contribution in [0.5, 0.6) is 5.75 Å². The molecule has 0 aliphatic heterocycles. The molecule has 25 heavy (non-hydrogen) atoms. The molecule has 0 spiro atoms. The summed E-state index contributed by atoms with van der Waals surface area (Å²) in [6.07, 6.45) is 5.74. The molecule has 0 radical (unpaired) electrons. The summed E-state index contributed by atoms with van der Waals surface area (Å²) >= 11 is 6.04. The average Bonchev–Trinajstić information content (AvgIpc) is 3.03. The number of hydrogen-bond acceptors (Lipinski definition) is 5. The van der Waals surface area contributed by atoms with Crippen molar-refractivity contribution < 1.29 is 13.2 Å². The van der Waals surface area contributed by atoms with Crippen LogP contribution in [0.25, 0.3) is 5.78 Å². The van der Waals surface area contributed by atoms with E-state index in [-0.39, 0.29) is 9.92 Å². The second-order valence-electron chi connectivity index (χ2n) is 5.37. The first kappa shape index (κ1) is 17.7. The Morgan fingerprint density at radius 2 is 2.20 bits per heavy atom. The zero-order valence-corrected chi connectivity index (χ0v) is 15.3. The van der Waals surface area contributed by atoms with E-state index < -0.39 is 16.1 Å². The molecule has 0 bridgehead atoms. The quantitative estimate of drug-likeness (QED) is 0.710. The molecule has 0 saturated heterocycles. The van der Waals surface area contributed by atoms with Crippen LogP contribution < -0.4 is 9.46 Å². The highest BCUT2D eigenvalue weighted by Gasteiger charge is 2.23. The number of nitrogens with one attached hydrogen (secondary N) is 1. The molecule has 9 heteroatoms. The number of hydrogen-bond donors (Lipinski definition) is 1. The van der Waals surface area contributed by atoms with E-state index in [4.69, 9.17) is 16.3 Å². The van der Waals surface area contributed by atoms with E-state index in [0.29, 0.717) is 23.6 Å². The van der Waals surface area contributed by atoms with Crippen molar-refractivity contribution in [2.45, 2.75) is 24.3 Å². The van der Waals surface area contributed by atoms with E-state index in [0.717, 1.165) is 0 Å². The van der Waals surface area contributed by atoms with Crippen molar-refractivity contribution in [1.29, 1.82) is 0 Å². The molecule has 0 aliphatic carbocycles. The number of methoxy groups -OCH3 is 1. The molecular formula is C16H17ClN4O3S. The second kappa shape index (κ2) is 6.99. The van der Waals surface area contributed by atoms with Crippen molar-refractivity contribution >= 4 is 27.4 Å². The molecule has 1 unspecified atom stereocenters. The third kappa shape index (κ3) is 3.60. The molecule has 1 atom stereocenters. The summed E-state index contributed by atoms with van der Waals surface area (Å²) in [5.41, 5.74) is 0.601. The number of imidazole rings is 1. The maximum atomic E-state index is 12.7. The molecule has 0 saturated carbocycles. The minimum absolute atomic E-state index is 0.0682. The van der Waals surface area contributed by atoms with Crippen LogP contribution in [-0.2, 0) is 10.0 Å². The van der Waals surface area contributed by atoms with Crippen molar-refractivity contribution in [1.82, 2.24) is 19.1 Å². The van der Waals surface area contributed by atoms with Gasteiger partial charge in [0.15, 0.2) is 0 Å². The lowest BCUT2D eigenvalue weighted by Gasteiger charge is -2.15. The Kier molecular flexibility index (Phi) is 4.94. The molecule has 3 aromatic rings. The Hall–Kier alpha value is -2.16. The first-order valence-corrected chi connectivity index (χ1v) is 9.46. The highest BCUT2D eigenvalue weighted by molar-refractivity contribution is 7.89. The Labute approximate surface area is 150 Å². The van der Waals surface area contributed by atoms with E-state index in [1.54, 1.807) is 22.9 Å². The fraction of sp³-hybridized carbons (Fsp3) is 0.250. The number of halogens is 1. The average molecular weight is 381 g/mol. The molecular weight excluding hydrogens is 364 g/mol. The lowest BCUT2D eigenvalue weighted by molar-refractivity contribution is 0.414. The normalized spacial score (nSPS) is 13.1. The van der Waals surface area contributed by atoms with E-state index in [1.807, 2.05) is 13.1 Å².